The van der Waals surface area contributed by atoms with Crippen LogP contribution < -0.4 is 4.74 Å². The summed E-state index contributed by atoms with van der Waals surface area (Å²) in [6.45, 7) is -0.000946. The van der Waals surface area contributed by atoms with Gasteiger partial charge in [-0.25, -0.2) is 0 Å². The van der Waals surface area contributed by atoms with E-state index in [1.165, 1.54) is 0 Å². The lowest BCUT2D eigenvalue weighted by Gasteiger charge is -2.13. The predicted molar refractivity (Wildman–Crippen MR) is 72.1 cm³/mol. The van der Waals surface area contributed by atoms with Crippen LogP contribution in [-0.2, 0) is 6.61 Å². The second-order valence-corrected chi connectivity index (χ2v) is 4.58. The molecule has 0 spiro atoms. The van der Waals surface area contributed by atoms with E-state index in [-0.39, 0.29) is 6.61 Å². The second kappa shape index (κ2) is 5.34. The molecular formula is C14H13BrO2. The Kier molecular flexibility index (Phi) is 3.82. The molecule has 0 fully saturated rings. The molecule has 0 aliphatic heterocycles. The molecule has 2 rings (SSSR count). The summed E-state index contributed by atoms with van der Waals surface area (Å²) in [5.41, 5.74) is 2.84. The fourth-order valence-corrected chi connectivity index (χ4v) is 2.25. The van der Waals surface area contributed by atoms with E-state index in [9.17, 15) is 5.11 Å². The van der Waals surface area contributed by atoms with E-state index in [1.807, 2.05) is 42.5 Å². The smallest absolute Gasteiger partial charge is 0.127 e. The summed E-state index contributed by atoms with van der Waals surface area (Å²) in [7, 11) is 1.64. The first-order valence-electron chi connectivity index (χ1n) is 5.29. The molecule has 0 saturated heterocycles. The largest absolute Gasteiger partial charge is 0.496 e. The lowest BCUT2D eigenvalue weighted by molar-refractivity contribution is 0.281. The van der Waals surface area contributed by atoms with E-state index in [0.717, 1.165) is 26.9 Å². The van der Waals surface area contributed by atoms with Crippen LogP contribution in [0.15, 0.2) is 46.9 Å². The van der Waals surface area contributed by atoms with Crippen LogP contribution in [0.5, 0.6) is 5.75 Å². The summed E-state index contributed by atoms with van der Waals surface area (Å²) in [5.74, 6) is 0.773. The van der Waals surface area contributed by atoms with Gasteiger partial charge in [-0.2, -0.15) is 0 Å². The molecule has 88 valence electrons. The van der Waals surface area contributed by atoms with E-state index < -0.39 is 0 Å². The number of rotatable bonds is 3. The van der Waals surface area contributed by atoms with E-state index >= 15 is 0 Å². The van der Waals surface area contributed by atoms with Crippen LogP contribution in [0.25, 0.3) is 11.1 Å². The molecule has 0 radical (unpaired) electrons. The van der Waals surface area contributed by atoms with Crippen molar-refractivity contribution in [3.05, 3.63) is 52.5 Å². The molecule has 0 bridgehead atoms. The van der Waals surface area contributed by atoms with Gasteiger partial charge < -0.3 is 9.84 Å². The molecule has 0 atom stereocenters. The van der Waals surface area contributed by atoms with Crippen LogP contribution in [0, 0.1) is 0 Å². The van der Waals surface area contributed by atoms with Crippen molar-refractivity contribution in [3.63, 3.8) is 0 Å². The first-order valence-corrected chi connectivity index (χ1v) is 6.08. The number of benzene rings is 2. The van der Waals surface area contributed by atoms with Crippen LogP contribution in [0.2, 0.25) is 0 Å². The molecule has 0 aromatic heterocycles. The SMILES string of the molecule is COc1cccc(CO)c1-c1cccc(Br)c1. The zero-order chi connectivity index (χ0) is 12.3. The topological polar surface area (TPSA) is 29.5 Å². The first kappa shape index (κ1) is 12.1. The Morgan fingerprint density at radius 1 is 1.18 bits per heavy atom. The summed E-state index contributed by atoms with van der Waals surface area (Å²) in [6.07, 6.45) is 0. The number of hydrogen-bond donors (Lipinski definition) is 1. The fourth-order valence-electron chi connectivity index (χ4n) is 1.85. The summed E-state index contributed by atoms with van der Waals surface area (Å²) >= 11 is 3.45. The molecule has 2 aromatic carbocycles. The Morgan fingerprint density at radius 2 is 1.94 bits per heavy atom. The standard InChI is InChI=1S/C14H13BrO2/c1-17-13-7-3-5-11(9-16)14(13)10-4-2-6-12(15)8-10/h2-8,16H,9H2,1H3. The number of methoxy groups -OCH3 is 1. The van der Waals surface area contributed by atoms with Gasteiger partial charge in [-0.3, -0.25) is 0 Å². The van der Waals surface area contributed by atoms with Crippen LogP contribution in [0.3, 0.4) is 0 Å². The quantitative estimate of drug-likeness (QED) is 0.936. The minimum absolute atomic E-state index is 0.000946. The van der Waals surface area contributed by atoms with E-state index in [4.69, 9.17) is 4.74 Å². The van der Waals surface area contributed by atoms with Gasteiger partial charge >= 0.3 is 0 Å². The van der Waals surface area contributed by atoms with Gasteiger partial charge in [0.1, 0.15) is 5.75 Å². The van der Waals surface area contributed by atoms with Crippen molar-refractivity contribution < 1.29 is 9.84 Å². The highest BCUT2D eigenvalue weighted by Gasteiger charge is 2.10. The minimum atomic E-state index is -0.000946. The van der Waals surface area contributed by atoms with Gasteiger partial charge in [-0.1, -0.05) is 40.2 Å². The van der Waals surface area contributed by atoms with Crippen molar-refractivity contribution in [3.8, 4) is 16.9 Å². The average Bonchev–Trinajstić information content (AvgIpc) is 2.37. The highest BCUT2D eigenvalue weighted by molar-refractivity contribution is 9.10. The zero-order valence-electron chi connectivity index (χ0n) is 9.48. The summed E-state index contributed by atoms with van der Waals surface area (Å²) in [5, 5.41) is 9.40. The molecule has 17 heavy (non-hydrogen) atoms. The van der Waals surface area contributed by atoms with Crippen molar-refractivity contribution >= 4 is 15.9 Å². The van der Waals surface area contributed by atoms with Crippen molar-refractivity contribution in [1.29, 1.82) is 0 Å². The molecule has 0 unspecified atom stereocenters. The lowest BCUT2D eigenvalue weighted by Crippen LogP contribution is -1.94. The van der Waals surface area contributed by atoms with Gasteiger partial charge in [0.15, 0.2) is 0 Å². The Balaban J connectivity index is 2.64. The third-order valence-corrected chi connectivity index (χ3v) is 3.11. The normalized spacial score (nSPS) is 10.3. The summed E-state index contributed by atoms with van der Waals surface area (Å²) in [4.78, 5) is 0. The van der Waals surface area contributed by atoms with Gasteiger partial charge in [0.25, 0.3) is 0 Å². The minimum Gasteiger partial charge on any atom is -0.496 e. The molecule has 0 amide bonds. The summed E-state index contributed by atoms with van der Waals surface area (Å²) in [6, 6.07) is 13.6. The molecular weight excluding hydrogens is 280 g/mol. The number of halogens is 1. The molecule has 0 aliphatic rings. The van der Waals surface area contributed by atoms with Crippen molar-refractivity contribution in [1.82, 2.24) is 0 Å². The third kappa shape index (κ3) is 2.51. The average molecular weight is 293 g/mol. The van der Waals surface area contributed by atoms with Crippen molar-refractivity contribution in [2.24, 2.45) is 0 Å². The molecule has 1 N–H and O–H groups in total. The number of aliphatic hydroxyl groups is 1. The van der Waals surface area contributed by atoms with E-state index in [2.05, 4.69) is 15.9 Å². The second-order valence-electron chi connectivity index (χ2n) is 3.66. The van der Waals surface area contributed by atoms with Gasteiger partial charge in [0.05, 0.1) is 13.7 Å². The maximum absolute atomic E-state index is 9.40. The third-order valence-electron chi connectivity index (χ3n) is 2.62. The molecule has 2 nitrogen and oxygen atoms in total. The van der Waals surface area contributed by atoms with Crippen molar-refractivity contribution in [2.45, 2.75) is 6.61 Å². The van der Waals surface area contributed by atoms with E-state index in [1.54, 1.807) is 7.11 Å². The van der Waals surface area contributed by atoms with Gasteiger partial charge in [-0.15, -0.1) is 0 Å². The fraction of sp³-hybridized carbons (Fsp3) is 0.143. The molecule has 3 heteroatoms. The Labute approximate surface area is 109 Å². The van der Waals surface area contributed by atoms with Gasteiger partial charge in [-0.05, 0) is 29.3 Å². The predicted octanol–water partition coefficient (Wildman–Crippen LogP) is 3.62. The maximum Gasteiger partial charge on any atom is 0.127 e. The monoisotopic (exact) mass is 292 g/mol. The molecule has 2 aromatic rings. The van der Waals surface area contributed by atoms with Crippen LogP contribution in [-0.4, -0.2) is 12.2 Å². The Bertz CT molecular complexity index is 501. The van der Waals surface area contributed by atoms with Gasteiger partial charge in [0, 0.05) is 10.0 Å². The van der Waals surface area contributed by atoms with Crippen molar-refractivity contribution in [2.75, 3.05) is 7.11 Å². The summed E-state index contributed by atoms with van der Waals surface area (Å²) < 4.78 is 6.36. The lowest BCUT2D eigenvalue weighted by atomic mass is 9.99. The van der Waals surface area contributed by atoms with Crippen LogP contribution in [0.4, 0.5) is 0 Å². The molecule has 0 heterocycles. The number of aliphatic hydroxyl groups excluding tert-OH is 1. The van der Waals surface area contributed by atoms with Crippen LogP contribution in [0.1, 0.15) is 5.56 Å². The van der Waals surface area contributed by atoms with Gasteiger partial charge in [0.2, 0.25) is 0 Å². The number of hydrogen-bond acceptors (Lipinski definition) is 2. The zero-order valence-corrected chi connectivity index (χ0v) is 11.1. The highest BCUT2D eigenvalue weighted by atomic mass is 79.9. The molecule has 0 aliphatic carbocycles. The number of ether oxygens (including phenoxy) is 1. The molecule has 0 saturated carbocycles. The van der Waals surface area contributed by atoms with E-state index in [0.29, 0.717) is 0 Å². The maximum atomic E-state index is 9.40. The Hall–Kier alpha value is -1.32. The Morgan fingerprint density at radius 3 is 2.59 bits per heavy atom. The van der Waals surface area contributed by atoms with Crippen LogP contribution >= 0.6 is 15.9 Å². The highest BCUT2D eigenvalue weighted by Crippen LogP contribution is 2.34. The first-order chi connectivity index (χ1) is 8.26.